The van der Waals surface area contributed by atoms with Crippen molar-refractivity contribution < 1.29 is 14.2 Å². The molecule has 0 aromatic heterocycles. The molecular formula is C17H28O3. The van der Waals surface area contributed by atoms with Crippen LogP contribution >= 0.6 is 0 Å². The summed E-state index contributed by atoms with van der Waals surface area (Å²) < 4.78 is 16.7. The van der Waals surface area contributed by atoms with Gasteiger partial charge in [0, 0.05) is 0 Å². The van der Waals surface area contributed by atoms with Crippen LogP contribution in [0.15, 0.2) is 24.3 Å². The zero-order valence-electron chi connectivity index (χ0n) is 13.4. The molecule has 1 unspecified atom stereocenters. The van der Waals surface area contributed by atoms with E-state index in [-0.39, 0.29) is 0 Å². The van der Waals surface area contributed by atoms with Crippen molar-refractivity contribution in [2.75, 3.05) is 20.3 Å². The Morgan fingerprint density at radius 1 is 0.900 bits per heavy atom. The lowest BCUT2D eigenvalue weighted by molar-refractivity contribution is -0.00433. The van der Waals surface area contributed by atoms with Gasteiger partial charge >= 0.3 is 0 Å². The Morgan fingerprint density at radius 2 is 1.50 bits per heavy atom. The first-order valence-electron chi connectivity index (χ1n) is 7.41. The lowest BCUT2D eigenvalue weighted by Gasteiger charge is -2.23. The van der Waals surface area contributed by atoms with Crippen LogP contribution in [0.25, 0.3) is 0 Å². The van der Waals surface area contributed by atoms with E-state index in [9.17, 15) is 0 Å². The van der Waals surface area contributed by atoms with Crippen LogP contribution in [-0.2, 0) is 4.74 Å². The van der Waals surface area contributed by atoms with E-state index < -0.39 is 0 Å². The lowest BCUT2D eigenvalue weighted by atomic mass is 9.97. The number of hydrogen-bond donors (Lipinski definition) is 0. The van der Waals surface area contributed by atoms with Gasteiger partial charge in [0.25, 0.3) is 0 Å². The van der Waals surface area contributed by atoms with Gasteiger partial charge in [0.1, 0.15) is 18.1 Å². The molecule has 3 heteroatoms. The largest absolute Gasteiger partial charge is 0.497 e. The summed E-state index contributed by atoms with van der Waals surface area (Å²) in [6.07, 6.45) is 1.41. The first kappa shape index (κ1) is 16.8. The fourth-order valence-electron chi connectivity index (χ4n) is 2.03. The standard InChI is InChI=1S/C17H28O3/c1-13(2)12-17(14(3)4)20-11-10-19-16-8-6-15(18-5)7-9-16/h6-9,13-14,17H,10-12H2,1-5H3. The molecule has 1 atom stereocenters. The summed E-state index contributed by atoms with van der Waals surface area (Å²) >= 11 is 0. The fraction of sp³-hybridized carbons (Fsp3) is 0.647. The van der Waals surface area contributed by atoms with Gasteiger partial charge in [-0.1, -0.05) is 27.7 Å². The topological polar surface area (TPSA) is 27.7 Å². The summed E-state index contributed by atoms with van der Waals surface area (Å²) in [7, 11) is 1.66. The van der Waals surface area contributed by atoms with Crippen LogP contribution in [0.4, 0.5) is 0 Å². The molecule has 0 saturated carbocycles. The Bertz CT molecular complexity index is 357. The summed E-state index contributed by atoms with van der Waals surface area (Å²) in [5, 5.41) is 0. The van der Waals surface area contributed by atoms with E-state index in [0.29, 0.717) is 31.2 Å². The first-order chi connectivity index (χ1) is 9.52. The van der Waals surface area contributed by atoms with Gasteiger partial charge in [-0.25, -0.2) is 0 Å². The summed E-state index contributed by atoms with van der Waals surface area (Å²) in [5.41, 5.74) is 0. The third-order valence-corrected chi connectivity index (χ3v) is 3.19. The Labute approximate surface area is 123 Å². The van der Waals surface area contributed by atoms with Crippen molar-refractivity contribution in [3.63, 3.8) is 0 Å². The van der Waals surface area contributed by atoms with Crippen LogP contribution in [-0.4, -0.2) is 26.4 Å². The van der Waals surface area contributed by atoms with Gasteiger partial charge in [0.15, 0.2) is 0 Å². The summed E-state index contributed by atoms with van der Waals surface area (Å²) in [5.74, 6) is 2.88. The predicted molar refractivity (Wildman–Crippen MR) is 82.5 cm³/mol. The van der Waals surface area contributed by atoms with Crippen molar-refractivity contribution >= 4 is 0 Å². The minimum Gasteiger partial charge on any atom is -0.497 e. The van der Waals surface area contributed by atoms with Crippen LogP contribution < -0.4 is 9.47 Å². The van der Waals surface area contributed by atoms with Crippen LogP contribution in [0, 0.1) is 11.8 Å². The highest BCUT2D eigenvalue weighted by Gasteiger charge is 2.15. The van der Waals surface area contributed by atoms with Crippen molar-refractivity contribution in [2.24, 2.45) is 11.8 Å². The number of ether oxygens (including phenoxy) is 3. The van der Waals surface area contributed by atoms with Crippen LogP contribution in [0.5, 0.6) is 11.5 Å². The van der Waals surface area contributed by atoms with E-state index in [4.69, 9.17) is 14.2 Å². The Balaban J connectivity index is 2.28. The molecule has 0 bridgehead atoms. The molecule has 0 saturated heterocycles. The molecule has 0 heterocycles. The third kappa shape index (κ3) is 6.29. The van der Waals surface area contributed by atoms with Crippen molar-refractivity contribution in [3.05, 3.63) is 24.3 Å². The van der Waals surface area contributed by atoms with Crippen molar-refractivity contribution in [3.8, 4) is 11.5 Å². The molecule has 0 radical (unpaired) electrons. The maximum atomic E-state index is 5.93. The van der Waals surface area contributed by atoms with Crippen molar-refractivity contribution in [1.82, 2.24) is 0 Å². The van der Waals surface area contributed by atoms with Crippen molar-refractivity contribution in [1.29, 1.82) is 0 Å². The normalized spacial score (nSPS) is 12.8. The van der Waals surface area contributed by atoms with E-state index in [1.54, 1.807) is 7.11 Å². The van der Waals surface area contributed by atoms with Crippen LogP contribution in [0.2, 0.25) is 0 Å². The molecule has 114 valence electrons. The summed E-state index contributed by atoms with van der Waals surface area (Å²) in [6, 6.07) is 7.61. The number of hydrogen-bond acceptors (Lipinski definition) is 3. The average molecular weight is 280 g/mol. The molecule has 0 aliphatic rings. The average Bonchev–Trinajstić information content (AvgIpc) is 2.42. The molecular weight excluding hydrogens is 252 g/mol. The molecule has 20 heavy (non-hydrogen) atoms. The van der Waals surface area contributed by atoms with E-state index in [0.717, 1.165) is 17.9 Å². The molecule has 0 aliphatic heterocycles. The second-order valence-electron chi connectivity index (χ2n) is 5.81. The maximum absolute atomic E-state index is 5.93. The van der Waals surface area contributed by atoms with Crippen molar-refractivity contribution in [2.45, 2.75) is 40.2 Å². The van der Waals surface area contributed by atoms with Gasteiger partial charge < -0.3 is 14.2 Å². The Kier molecular flexibility index (Phi) is 7.45. The van der Waals surface area contributed by atoms with Gasteiger partial charge in [0.05, 0.1) is 19.8 Å². The minimum absolute atomic E-state index is 0.314. The van der Waals surface area contributed by atoms with Crippen LogP contribution in [0.3, 0.4) is 0 Å². The summed E-state index contributed by atoms with van der Waals surface area (Å²) in [4.78, 5) is 0. The molecule has 0 aliphatic carbocycles. The van der Waals surface area contributed by atoms with E-state index in [1.807, 2.05) is 24.3 Å². The van der Waals surface area contributed by atoms with Gasteiger partial charge in [-0.2, -0.15) is 0 Å². The summed E-state index contributed by atoms with van der Waals surface area (Å²) in [6.45, 7) is 10.1. The zero-order valence-corrected chi connectivity index (χ0v) is 13.4. The van der Waals surface area contributed by atoms with Gasteiger partial charge in [-0.15, -0.1) is 0 Å². The highest BCUT2D eigenvalue weighted by atomic mass is 16.5. The zero-order chi connectivity index (χ0) is 15.0. The van der Waals surface area contributed by atoms with Gasteiger partial charge in [0.2, 0.25) is 0 Å². The highest BCUT2D eigenvalue weighted by molar-refractivity contribution is 5.31. The Morgan fingerprint density at radius 3 is 2.00 bits per heavy atom. The molecule has 0 fully saturated rings. The lowest BCUT2D eigenvalue weighted by Crippen LogP contribution is -2.24. The fourth-order valence-corrected chi connectivity index (χ4v) is 2.03. The molecule has 1 rings (SSSR count). The number of rotatable bonds is 9. The first-order valence-corrected chi connectivity index (χ1v) is 7.41. The van der Waals surface area contributed by atoms with Crippen LogP contribution in [0.1, 0.15) is 34.1 Å². The number of benzene rings is 1. The number of methoxy groups -OCH3 is 1. The van der Waals surface area contributed by atoms with Gasteiger partial charge in [-0.05, 0) is 42.5 Å². The second-order valence-corrected chi connectivity index (χ2v) is 5.81. The molecule has 1 aromatic rings. The predicted octanol–water partition coefficient (Wildman–Crippen LogP) is 4.16. The molecule has 3 nitrogen and oxygen atoms in total. The molecule has 0 N–H and O–H groups in total. The van der Waals surface area contributed by atoms with E-state index in [1.165, 1.54) is 0 Å². The molecule has 1 aromatic carbocycles. The van der Waals surface area contributed by atoms with Gasteiger partial charge in [-0.3, -0.25) is 0 Å². The maximum Gasteiger partial charge on any atom is 0.119 e. The highest BCUT2D eigenvalue weighted by Crippen LogP contribution is 2.18. The quantitative estimate of drug-likeness (QED) is 0.636. The molecule has 0 spiro atoms. The molecule has 0 amide bonds. The van der Waals surface area contributed by atoms with E-state index in [2.05, 4.69) is 27.7 Å². The monoisotopic (exact) mass is 280 g/mol. The SMILES string of the molecule is COc1ccc(OCCOC(CC(C)C)C(C)C)cc1. The smallest absolute Gasteiger partial charge is 0.119 e. The second kappa shape index (κ2) is 8.85. The minimum atomic E-state index is 0.314. The Hall–Kier alpha value is -1.22. The third-order valence-electron chi connectivity index (χ3n) is 3.19. The van der Waals surface area contributed by atoms with E-state index >= 15 is 0 Å².